The van der Waals surface area contributed by atoms with E-state index in [9.17, 15) is 0 Å². The SMILES string of the molecule is CCNC(CSCC)c1cccc2ccncc12. The van der Waals surface area contributed by atoms with Crippen LogP contribution < -0.4 is 5.32 Å². The Labute approximate surface area is 113 Å². The van der Waals surface area contributed by atoms with Gasteiger partial charge in [0.15, 0.2) is 0 Å². The Balaban J connectivity index is 2.36. The van der Waals surface area contributed by atoms with E-state index in [1.165, 1.54) is 16.3 Å². The van der Waals surface area contributed by atoms with Crippen molar-refractivity contribution >= 4 is 22.5 Å². The van der Waals surface area contributed by atoms with Crippen molar-refractivity contribution in [3.63, 3.8) is 0 Å². The summed E-state index contributed by atoms with van der Waals surface area (Å²) >= 11 is 1.98. The van der Waals surface area contributed by atoms with Crippen molar-refractivity contribution in [1.29, 1.82) is 0 Å². The van der Waals surface area contributed by atoms with Crippen LogP contribution in [0.25, 0.3) is 10.8 Å². The lowest BCUT2D eigenvalue weighted by Gasteiger charge is -2.19. The average Bonchev–Trinajstić information content (AvgIpc) is 2.43. The van der Waals surface area contributed by atoms with Crippen molar-refractivity contribution in [3.8, 4) is 0 Å². The molecule has 1 heterocycles. The normalized spacial score (nSPS) is 12.8. The number of hydrogen-bond acceptors (Lipinski definition) is 3. The molecule has 1 aromatic heterocycles. The minimum absolute atomic E-state index is 0.410. The lowest BCUT2D eigenvalue weighted by atomic mass is 10.0. The first-order valence-corrected chi connectivity index (χ1v) is 7.66. The molecule has 1 atom stereocenters. The number of nitrogens with zero attached hydrogens (tertiary/aromatic N) is 1. The van der Waals surface area contributed by atoms with Crippen molar-refractivity contribution in [1.82, 2.24) is 10.3 Å². The van der Waals surface area contributed by atoms with Crippen LogP contribution in [0.15, 0.2) is 36.7 Å². The molecule has 2 aromatic rings. The summed E-state index contributed by atoms with van der Waals surface area (Å²) in [6.45, 7) is 5.36. The highest BCUT2D eigenvalue weighted by molar-refractivity contribution is 7.99. The van der Waals surface area contributed by atoms with Crippen molar-refractivity contribution < 1.29 is 0 Å². The van der Waals surface area contributed by atoms with Crippen LogP contribution in [0.3, 0.4) is 0 Å². The minimum atomic E-state index is 0.410. The standard InChI is InChI=1S/C15H20N2S/c1-3-17-15(11-18-4-2)13-7-5-6-12-8-9-16-10-14(12)13/h5-10,15,17H,3-4,11H2,1-2H3. The number of rotatable bonds is 6. The summed E-state index contributed by atoms with van der Waals surface area (Å²) in [5, 5.41) is 6.11. The van der Waals surface area contributed by atoms with Gasteiger partial charge in [-0.25, -0.2) is 0 Å². The maximum atomic E-state index is 4.26. The summed E-state index contributed by atoms with van der Waals surface area (Å²) in [7, 11) is 0. The highest BCUT2D eigenvalue weighted by Gasteiger charge is 2.12. The molecule has 0 radical (unpaired) electrons. The van der Waals surface area contributed by atoms with Gasteiger partial charge < -0.3 is 5.32 Å². The number of benzene rings is 1. The van der Waals surface area contributed by atoms with E-state index in [4.69, 9.17) is 0 Å². The lowest BCUT2D eigenvalue weighted by molar-refractivity contribution is 0.610. The molecule has 0 saturated heterocycles. The second-order valence-corrected chi connectivity index (χ2v) is 5.53. The van der Waals surface area contributed by atoms with Crippen molar-refractivity contribution in [2.24, 2.45) is 0 Å². The average molecular weight is 260 g/mol. The highest BCUT2D eigenvalue weighted by Crippen LogP contribution is 2.26. The third kappa shape index (κ3) is 3.03. The first-order valence-electron chi connectivity index (χ1n) is 6.50. The second kappa shape index (κ2) is 6.76. The maximum Gasteiger partial charge on any atom is 0.0418 e. The maximum absolute atomic E-state index is 4.26. The van der Waals surface area contributed by atoms with Crippen LogP contribution in [0.2, 0.25) is 0 Å². The summed E-state index contributed by atoms with van der Waals surface area (Å²) in [5.41, 5.74) is 1.36. The second-order valence-electron chi connectivity index (χ2n) is 4.21. The summed E-state index contributed by atoms with van der Waals surface area (Å²) in [4.78, 5) is 4.26. The van der Waals surface area contributed by atoms with E-state index in [0.717, 1.165) is 18.1 Å². The monoisotopic (exact) mass is 260 g/mol. The van der Waals surface area contributed by atoms with Crippen LogP contribution in [0.4, 0.5) is 0 Å². The molecule has 0 saturated carbocycles. The largest absolute Gasteiger partial charge is 0.309 e. The van der Waals surface area contributed by atoms with E-state index < -0.39 is 0 Å². The van der Waals surface area contributed by atoms with Gasteiger partial charge >= 0.3 is 0 Å². The molecule has 18 heavy (non-hydrogen) atoms. The van der Waals surface area contributed by atoms with E-state index in [1.54, 1.807) is 0 Å². The smallest absolute Gasteiger partial charge is 0.0418 e. The molecule has 0 bridgehead atoms. The molecule has 0 aliphatic carbocycles. The van der Waals surface area contributed by atoms with Crippen LogP contribution >= 0.6 is 11.8 Å². The van der Waals surface area contributed by atoms with Crippen LogP contribution in [-0.4, -0.2) is 23.0 Å². The van der Waals surface area contributed by atoms with E-state index >= 15 is 0 Å². The van der Waals surface area contributed by atoms with Gasteiger partial charge in [0, 0.05) is 29.6 Å². The molecule has 0 fully saturated rings. The summed E-state index contributed by atoms with van der Waals surface area (Å²) in [6.07, 6.45) is 3.83. The fourth-order valence-electron chi connectivity index (χ4n) is 2.18. The van der Waals surface area contributed by atoms with Gasteiger partial charge in [-0.3, -0.25) is 4.98 Å². The third-order valence-electron chi connectivity index (χ3n) is 3.03. The van der Waals surface area contributed by atoms with Gasteiger partial charge in [-0.05, 0) is 29.3 Å². The van der Waals surface area contributed by atoms with Crippen molar-refractivity contribution in [2.75, 3.05) is 18.1 Å². The minimum Gasteiger partial charge on any atom is -0.309 e. The molecule has 1 unspecified atom stereocenters. The topological polar surface area (TPSA) is 24.9 Å². The summed E-state index contributed by atoms with van der Waals surface area (Å²) in [6, 6.07) is 8.99. The molecule has 1 aromatic carbocycles. The van der Waals surface area contributed by atoms with Crippen LogP contribution in [-0.2, 0) is 0 Å². The quantitative estimate of drug-likeness (QED) is 0.858. The summed E-state index contributed by atoms with van der Waals surface area (Å²) in [5.74, 6) is 2.27. The molecule has 0 amide bonds. The fourth-order valence-corrected chi connectivity index (χ4v) is 2.95. The number of nitrogens with one attached hydrogen (secondary N) is 1. The van der Waals surface area contributed by atoms with Gasteiger partial charge in [-0.2, -0.15) is 11.8 Å². The number of fused-ring (bicyclic) bond motifs is 1. The van der Waals surface area contributed by atoms with Crippen LogP contribution in [0.1, 0.15) is 25.5 Å². The Hall–Kier alpha value is -1.06. The van der Waals surface area contributed by atoms with E-state index in [1.807, 2.05) is 24.2 Å². The van der Waals surface area contributed by atoms with Gasteiger partial charge in [-0.1, -0.05) is 32.0 Å². The molecular weight excluding hydrogens is 240 g/mol. The lowest BCUT2D eigenvalue weighted by Crippen LogP contribution is -2.23. The van der Waals surface area contributed by atoms with Gasteiger partial charge in [0.1, 0.15) is 0 Å². The van der Waals surface area contributed by atoms with E-state index in [-0.39, 0.29) is 0 Å². The zero-order valence-electron chi connectivity index (χ0n) is 11.0. The van der Waals surface area contributed by atoms with E-state index in [0.29, 0.717) is 6.04 Å². The molecule has 0 aliphatic heterocycles. The van der Waals surface area contributed by atoms with Crippen LogP contribution in [0, 0.1) is 0 Å². The predicted octanol–water partition coefficient (Wildman–Crippen LogP) is 3.64. The van der Waals surface area contributed by atoms with Gasteiger partial charge in [0.25, 0.3) is 0 Å². The molecule has 96 valence electrons. The van der Waals surface area contributed by atoms with Gasteiger partial charge in [0.2, 0.25) is 0 Å². The Morgan fingerprint density at radius 3 is 2.94 bits per heavy atom. The van der Waals surface area contributed by atoms with Crippen molar-refractivity contribution in [3.05, 3.63) is 42.2 Å². The molecule has 3 heteroatoms. The predicted molar refractivity (Wildman–Crippen MR) is 81.2 cm³/mol. The number of pyridine rings is 1. The zero-order chi connectivity index (χ0) is 12.8. The number of hydrogen-bond donors (Lipinski definition) is 1. The number of thioether (sulfide) groups is 1. The summed E-state index contributed by atoms with van der Waals surface area (Å²) < 4.78 is 0. The van der Waals surface area contributed by atoms with Gasteiger partial charge in [0.05, 0.1) is 0 Å². The molecule has 2 nitrogen and oxygen atoms in total. The zero-order valence-corrected chi connectivity index (χ0v) is 11.8. The van der Waals surface area contributed by atoms with Gasteiger partial charge in [-0.15, -0.1) is 0 Å². The molecule has 2 rings (SSSR count). The third-order valence-corrected chi connectivity index (χ3v) is 4.01. The number of aromatic nitrogens is 1. The van der Waals surface area contributed by atoms with Crippen molar-refractivity contribution in [2.45, 2.75) is 19.9 Å². The Morgan fingerprint density at radius 2 is 2.17 bits per heavy atom. The first-order chi connectivity index (χ1) is 8.86. The molecule has 1 N–H and O–H groups in total. The first kappa shape index (κ1) is 13.4. The highest BCUT2D eigenvalue weighted by atomic mass is 32.2. The Kier molecular flexibility index (Phi) is 5.02. The Bertz CT molecular complexity index is 493. The van der Waals surface area contributed by atoms with E-state index in [2.05, 4.69) is 48.4 Å². The molecule has 0 spiro atoms. The fraction of sp³-hybridized carbons (Fsp3) is 0.400. The molecular formula is C15H20N2S. The Morgan fingerprint density at radius 1 is 1.28 bits per heavy atom. The molecule has 0 aliphatic rings. The van der Waals surface area contributed by atoms with Crippen LogP contribution in [0.5, 0.6) is 0 Å².